The lowest BCUT2D eigenvalue weighted by atomic mass is 9.64. The SMILES string of the molecule is CC(C)(C)C1CCC(CN)C(Cc2cccnc2)C1. The van der Waals surface area contributed by atoms with E-state index in [9.17, 15) is 0 Å². The molecule has 1 saturated carbocycles. The predicted molar refractivity (Wildman–Crippen MR) is 80.8 cm³/mol. The molecule has 1 aliphatic rings. The molecule has 0 saturated heterocycles. The Morgan fingerprint density at radius 2 is 2.05 bits per heavy atom. The number of hydrogen-bond donors (Lipinski definition) is 1. The van der Waals surface area contributed by atoms with Gasteiger partial charge >= 0.3 is 0 Å². The summed E-state index contributed by atoms with van der Waals surface area (Å²) in [6, 6.07) is 4.23. The van der Waals surface area contributed by atoms with E-state index in [0.717, 1.165) is 24.8 Å². The van der Waals surface area contributed by atoms with Crippen molar-refractivity contribution < 1.29 is 0 Å². The van der Waals surface area contributed by atoms with E-state index < -0.39 is 0 Å². The fraction of sp³-hybridized carbons (Fsp3) is 0.706. The van der Waals surface area contributed by atoms with Crippen molar-refractivity contribution in [3.8, 4) is 0 Å². The van der Waals surface area contributed by atoms with Gasteiger partial charge in [0.25, 0.3) is 0 Å². The fourth-order valence-electron chi connectivity index (χ4n) is 3.50. The summed E-state index contributed by atoms with van der Waals surface area (Å²) in [5, 5.41) is 0. The van der Waals surface area contributed by atoms with Crippen LogP contribution in [-0.2, 0) is 6.42 Å². The lowest BCUT2D eigenvalue weighted by Gasteiger charge is -2.41. The lowest BCUT2D eigenvalue weighted by molar-refractivity contribution is 0.101. The van der Waals surface area contributed by atoms with Crippen molar-refractivity contribution in [3.63, 3.8) is 0 Å². The van der Waals surface area contributed by atoms with Crippen LogP contribution in [-0.4, -0.2) is 11.5 Å². The van der Waals surface area contributed by atoms with Gasteiger partial charge in [0.15, 0.2) is 0 Å². The van der Waals surface area contributed by atoms with E-state index in [2.05, 4.69) is 31.8 Å². The Morgan fingerprint density at radius 1 is 1.26 bits per heavy atom. The summed E-state index contributed by atoms with van der Waals surface area (Å²) in [6.07, 6.45) is 8.96. The highest BCUT2D eigenvalue weighted by Crippen LogP contribution is 2.43. The number of rotatable bonds is 3. The molecule has 3 atom stereocenters. The van der Waals surface area contributed by atoms with E-state index in [4.69, 9.17) is 5.73 Å². The van der Waals surface area contributed by atoms with Crippen LogP contribution in [0.25, 0.3) is 0 Å². The van der Waals surface area contributed by atoms with Gasteiger partial charge in [0.2, 0.25) is 0 Å². The second kappa shape index (κ2) is 6.04. The van der Waals surface area contributed by atoms with Crippen LogP contribution in [0.4, 0.5) is 0 Å². The number of nitrogens with two attached hydrogens (primary N) is 1. The maximum absolute atomic E-state index is 5.99. The molecule has 0 spiro atoms. The van der Waals surface area contributed by atoms with E-state index in [1.165, 1.54) is 24.8 Å². The number of nitrogens with zero attached hydrogens (tertiary/aromatic N) is 1. The molecule has 2 heteroatoms. The van der Waals surface area contributed by atoms with Gasteiger partial charge in [-0.25, -0.2) is 0 Å². The Bertz CT molecular complexity index is 380. The molecule has 1 aromatic rings. The highest BCUT2D eigenvalue weighted by atomic mass is 14.6. The van der Waals surface area contributed by atoms with Gasteiger partial charge in [0, 0.05) is 12.4 Å². The van der Waals surface area contributed by atoms with Crippen LogP contribution in [0.15, 0.2) is 24.5 Å². The van der Waals surface area contributed by atoms with E-state index in [0.29, 0.717) is 11.3 Å². The molecule has 1 aliphatic carbocycles. The first-order valence-electron chi connectivity index (χ1n) is 7.59. The molecule has 106 valence electrons. The standard InChI is InChI=1S/C17H28N2/c1-17(2,3)16-7-6-14(11-18)15(10-16)9-13-5-4-8-19-12-13/h4-5,8,12,14-16H,6-7,9-11,18H2,1-3H3. The maximum Gasteiger partial charge on any atom is 0.0299 e. The van der Waals surface area contributed by atoms with Crippen molar-refractivity contribution >= 4 is 0 Å². The van der Waals surface area contributed by atoms with E-state index in [1.807, 2.05) is 18.5 Å². The van der Waals surface area contributed by atoms with E-state index in [1.54, 1.807) is 0 Å². The van der Waals surface area contributed by atoms with Crippen molar-refractivity contribution in [2.24, 2.45) is 28.9 Å². The van der Waals surface area contributed by atoms with Gasteiger partial charge in [-0.05, 0) is 67.0 Å². The summed E-state index contributed by atoms with van der Waals surface area (Å²) in [5.41, 5.74) is 7.77. The molecule has 0 aliphatic heterocycles. The molecule has 3 unspecified atom stereocenters. The monoisotopic (exact) mass is 260 g/mol. The van der Waals surface area contributed by atoms with E-state index in [-0.39, 0.29) is 0 Å². The summed E-state index contributed by atoms with van der Waals surface area (Å²) in [4.78, 5) is 4.24. The van der Waals surface area contributed by atoms with Crippen molar-refractivity contribution in [2.75, 3.05) is 6.54 Å². The summed E-state index contributed by atoms with van der Waals surface area (Å²) >= 11 is 0. The van der Waals surface area contributed by atoms with Crippen molar-refractivity contribution in [1.82, 2.24) is 4.98 Å². The third kappa shape index (κ3) is 3.79. The maximum atomic E-state index is 5.99. The van der Waals surface area contributed by atoms with Gasteiger partial charge in [-0.15, -0.1) is 0 Å². The summed E-state index contributed by atoms with van der Waals surface area (Å²) in [5.74, 6) is 2.25. The van der Waals surface area contributed by atoms with Crippen LogP contribution < -0.4 is 5.73 Å². The first-order valence-corrected chi connectivity index (χ1v) is 7.59. The molecule has 2 rings (SSSR count). The molecule has 0 amide bonds. The second-order valence-electron chi connectivity index (χ2n) is 7.20. The average Bonchev–Trinajstić information content (AvgIpc) is 2.39. The van der Waals surface area contributed by atoms with Gasteiger partial charge in [0.05, 0.1) is 0 Å². The average molecular weight is 260 g/mol. The summed E-state index contributed by atoms with van der Waals surface area (Å²) < 4.78 is 0. The number of hydrogen-bond acceptors (Lipinski definition) is 2. The molecule has 1 heterocycles. The molecule has 2 N–H and O–H groups in total. The molecule has 1 aromatic heterocycles. The van der Waals surface area contributed by atoms with Crippen LogP contribution in [0.3, 0.4) is 0 Å². The van der Waals surface area contributed by atoms with Crippen LogP contribution in [0, 0.1) is 23.2 Å². The van der Waals surface area contributed by atoms with Gasteiger partial charge in [0.1, 0.15) is 0 Å². The molecule has 2 nitrogen and oxygen atoms in total. The zero-order chi connectivity index (χ0) is 13.9. The largest absolute Gasteiger partial charge is 0.330 e. The van der Waals surface area contributed by atoms with E-state index >= 15 is 0 Å². The van der Waals surface area contributed by atoms with Gasteiger partial charge in [-0.3, -0.25) is 4.98 Å². The molecular weight excluding hydrogens is 232 g/mol. The highest BCUT2D eigenvalue weighted by molar-refractivity contribution is 5.10. The molecule has 0 aromatic carbocycles. The number of aromatic nitrogens is 1. The predicted octanol–water partition coefficient (Wildman–Crippen LogP) is 3.66. The van der Waals surface area contributed by atoms with Gasteiger partial charge in [-0.2, -0.15) is 0 Å². The minimum atomic E-state index is 0.423. The topological polar surface area (TPSA) is 38.9 Å². The molecule has 19 heavy (non-hydrogen) atoms. The zero-order valence-corrected chi connectivity index (χ0v) is 12.6. The fourth-order valence-corrected chi connectivity index (χ4v) is 3.50. The van der Waals surface area contributed by atoms with Crippen molar-refractivity contribution in [1.29, 1.82) is 0 Å². The summed E-state index contributed by atoms with van der Waals surface area (Å²) in [7, 11) is 0. The first kappa shape index (κ1) is 14.5. The van der Waals surface area contributed by atoms with Gasteiger partial charge in [-0.1, -0.05) is 26.8 Å². The number of pyridine rings is 1. The zero-order valence-electron chi connectivity index (χ0n) is 12.6. The normalized spacial score (nSPS) is 28.3. The minimum Gasteiger partial charge on any atom is -0.330 e. The Morgan fingerprint density at radius 3 is 2.63 bits per heavy atom. The van der Waals surface area contributed by atoms with Crippen LogP contribution in [0.5, 0.6) is 0 Å². The van der Waals surface area contributed by atoms with Gasteiger partial charge < -0.3 is 5.73 Å². The van der Waals surface area contributed by atoms with Crippen molar-refractivity contribution in [2.45, 2.75) is 46.5 Å². The Labute approximate surface area is 117 Å². The lowest BCUT2D eigenvalue weighted by Crippen LogP contribution is -2.36. The minimum absolute atomic E-state index is 0.423. The summed E-state index contributed by atoms with van der Waals surface area (Å²) in [6.45, 7) is 7.96. The smallest absolute Gasteiger partial charge is 0.0299 e. The molecule has 1 fully saturated rings. The Balaban J connectivity index is 2.06. The third-order valence-corrected chi connectivity index (χ3v) is 4.89. The van der Waals surface area contributed by atoms with Crippen LogP contribution >= 0.6 is 0 Å². The first-order chi connectivity index (χ1) is 9.00. The molecular formula is C17H28N2. The van der Waals surface area contributed by atoms with Crippen LogP contribution in [0.2, 0.25) is 0 Å². The highest BCUT2D eigenvalue weighted by Gasteiger charge is 2.35. The Kier molecular flexibility index (Phi) is 4.62. The molecule has 0 bridgehead atoms. The van der Waals surface area contributed by atoms with Crippen LogP contribution in [0.1, 0.15) is 45.6 Å². The Hall–Kier alpha value is -0.890. The quantitative estimate of drug-likeness (QED) is 0.900. The van der Waals surface area contributed by atoms with Crippen molar-refractivity contribution in [3.05, 3.63) is 30.1 Å². The second-order valence-corrected chi connectivity index (χ2v) is 7.20. The molecule has 0 radical (unpaired) electrons. The third-order valence-electron chi connectivity index (χ3n) is 4.89.